The second-order valence-corrected chi connectivity index (χ2v) is 6.95. The first-order valence-corrected chi connectivity index (χ1v) is 9.76. The van der Waals surface area contributed by atoms with E-state index in [0.717, 1.165) is 37.5 Å². The van der Waals surface area contributed by atoms with Crippen molar-refractivity contribution in [1.29, 1.82) is 0 Å². The van der Waals surface area contributed by atoms with Crippen molar-refractivity contribution >= 4 is 5.96 Å². The minimum atomic E-state index is 0.569. The lowest BCUT2D eigenvalue weighted by Crippen LogP contribution is -2.41. The molecule has 0 radical (unpaired) electrons. The van der Waals surface area contributed by atoms with Gasteiger partial charge < -0.3 is 15.4 Å². The minimum Gasteiger partial charge on any atom is -0.477 e. The lowest BCUT2D eigenvalue weighted by atomic mass is 10.2. The van der Waals surface area contributed by atoms with Crippen LogP contribution in [0.15, 0.2) is 23.3 Å². The highest BCUT2D eigenvalue weighted by Gasteiger charge is 2.12. The van der Waals surface area contributed by atoms with Crippen LogP contribution in [0, 0.1) is 0 Å². The first-order chi connectivity index (χ1) is 12.5. The van der Waals surface area contributed by atoms with E-state index in [1.54, 1.807) is 13.2 Å². The maximum Gasteiger partial charge on any atom is 0.218 e. The smallest absolute Gasteiger partial charge is 0.218 e. The van der Waals surface area contributed by atoms with Crippen LogP contribution in [0.3, 0.4) is 0 Å². The van der Waals surface area contributed by atoms with Crippen LogP contribution in [0.4, 0.5) is 0 Å². The number of hydrogen-bond acceptors (Lipinski definition) is 4. The van der Waals surface area contributed by atoms with Crippen molar-refractivity contribution in [2.75, 3.05) is 26.7 Å². The summed E-state index contributed by atoms with van der Waals surface area (Å²) in [5, 5.41) is 6.73. The van der Waals surface area contributed by atoms with Gasteiger partial charge in [-0.15, -0.1) is 0 Å². The number of aromatic nitrogens is 1. The molecule has 0 unspecified atom stereocenters. The summed E-state index contributed by atoms with van der Waals surface area (Å²) < 4.78 is 5.70. The van der Waals surface area contributed by atoms with Gasteiger partial charge in [0.2, 0.25) is 5.88 Å². The van der Waals surface area contributed by atoms with Crippen molar-refractivity contribution in [2.24, 2.45) is 4.99 Å². The molecule has 0 aliphatic rings. The van der Waals surface area contributed by atoms with Crippen molar-refractivity contribution in [2.45, 2.75) is 66.1 Å². The van der Waals surface area contributed by atoms with E-state index < -0.39 is 0 Å². The number of nitrogens with zero attached hydrogens (tertiary/aromatic N) is 3. The third-order valence-electron chi connectivity index (χ3n) is 4.17. The van der Waals surface area contributed by atoms with Crippen LogP contribution in [0.25, 0.3) is 0 Å². The quantitative estimate of drug-likeness (QED) is 0.359. The van der Waals surface area contributed by atoms with Gasteiger partial charge in [0.15, 0.2) is 5.96 Å². The number of hydrogen-bond donors (Lipinski definition) is 2. The van der Waals surface area contributed by atoms with Gasteiger partial charge in [-0.1, -0.05) is 13.0 Å². The second kappa shape index (κ2) is 12.5. The standard InChI is InChI=1S/C20H37N5O/c1-7-14-26-19-18(10-8-11-22-19)15-24-20(21-6)23-12-9-13-25(16(2)3)17(4)5/h8,10-11,16-17H,7,9,12-15H2,1-6H3,(H2,21,23,24). The highest BCUT2D eigenvalue weighted by atomic mass is 16.5. The maximum atomic E-state index is 5.70. The van der Waals surface area contributed by atoms with Crippen molar-refractivity contribution in [3.63, 3.8) is 0 Å². The third-order valence-corrected chi connectivity index (χ3v) is 4.17. The summed E-state index contributed by atoms with van der Waals surface area (Å²) in [6.07, 6.45) is 3.81. The number of aliphatic imine (C=N–C) groups is 1. The fourth-order valence-corrected chi connectivity index (χ4v) is 2.87. The Hall–Kier alpha value is -1.82. The van der Waals surface area contributed by atoms with Crippen LogP contribution in [-0.4, -0.2) is 54.7 Å². The van der Waals surface area contributed by atoms with Crippen LogP contribution in [0.5, 0.6) is 5.88 Å². The molecule has 2 N–H and O–H groups in total. The molecule has 0 bridgehead atoms. The molecule has 0 saturated carbocycles. The van der Waals surface area contributed by atoms with Crippen molar-refractivity contribution in [1.82, 2.24) is 20.5 Å². The van der Waals surface area contributed by atoms with Gasteiger partial charge >= 0.3 is 0 Å². The van der Waals surface area contributed by atoms with Gasteiger partial charge in [-0.3, -0.25) is 9.89 Å². The van der Waals surface area contributed by atoms with E-state index in [2.05, 4.69) is 60.1 Å². The fraction of sp³-hybridized carbons (Fsp3) is 0.700. The SMILES string of the molecule is CCCOc1ncccc1CNC(=NC)NCCCN(C(C)C)C(C)C. The van der Waals surface area contributed by atoms with Crippen LogP contribution in [0.2, 0.25) is 0 Å². The van der Waals surface area contributed by atoms with Crippen molar-refractivity contribution in [3.8, 4) is 5.88 Å². The van der Waals surface area contributed by atoms with Crippen molar-refractivity contribution < 1.29 is 4.74 Å². The lowest BCUT2D eigenvalue weighted by molar-refractivity contribution is 0.173. The van der Waals surface area contributed by atoms with E-state index >= 15 is 0 Å². The second-order valence-electron chi connectivity index (χ2n) is 6.95. The molecule has 0 saturated heterocycles. The van der Waals surface area contributed by atoms with E-state index in [0.29, 0.717) is 31.1 Å². The average molecular weight is 364 g/mol. The summed E-state index contributed by atoms with van der Waals surface area (Å²) in [4.78, 5) is 11.1. The third kappa shape index (κ3) is 8.04. The molecular formula is C20H37N5O. The Morgan fingerprint density at radius 3 is 2.58 bits per heavy atom. The van der Waals surface area contributed by atoms with E-state index in [9.17, 15) is 0 Å². The van der Waals surface area contributed by atoms with Gasteiger partial charge in [0.1, 0.15) is 0 Å². The van der Waals surface area contributed by atoms with Gasteiger partial charge in [-0.05, 0) is 46.6 Å². The molecule has 0 atom stereocenters. The Balaban J connectivity index is 2.42. The zero-order valence-electron chi connectivity index (χ0n) is 17.4. The average Bonchev–Trinajstić information content (AvgIpc) is 2.62. The topological polar surface area (TPSA) is 61.8 Å². The highest BCUT2D eigenvalue weighted by molar-refractivity contribution is 5.79. The lowest BCUT2D eigenvalue weighted by Gasteiger charge is -2.30. The van der Waals surface area contributed by atoms with E-state index in [4.69, 9.17) is 4.74 Å². The summed E-state index contributed by atoms with van der Waals surface area (Å²) in [6.45, 7) is 14.4. The Bertz CT molecular complexity index is 523. The number of nitrogens with one attached hydrogen (secondary N) is 2. The van der Waals surface area contributed by atoms with E-state index in [-0.39, 0.29) is 0 Å². The number of pyridine rings is 1. The van der Waals surface area contributed by atoms with Gasteiger partial charge in [-0.25, -0.2) is 4.98 Å². The van der Waals surface area contributed by atoms with Crippen LogP contribution < -0.4 is 15.4 Å². The molecule has 0 aliphatic heterocycles. The van der Waals surface area contributed by atoms with Crippen LogP contribution in [-0.2, 0) is 6.54 Å². The number of guanidine groups is 1. The van der Waals surface area contributed by atoms with Gasteiger partial charge in [0.05, 0.1) is 6.61 Å². The molecule has 0 aromatic carbocycles. The van der Waals surface area contributed by atoms with Crippen LogP contribution >= 0.6 is 0 Å². The molecule has 1 heterocycles. The molecule has 1 aromatic rings. The molecular weight excluding hydrogens is 326 g/mol. The summed E-state index contributed by atoms with van der Waals surface area (Å²) in [6, 6.07) is 5.10. The Labute approximate surface area is 159 Å². The fourth-order valence-electron chi connectivity index (χ4n) is 2.87. The molecule has 148 valence electrons. The van der Waals surface area contributed by atoms with Crippen LogP contribution in [0.1, 0.15) is 53.0 Å². The molecule has 0 spiro atoms. The molecule has 6 heteroatoms. The zero-order valence-corrected chi connectivity index (χ0v) is 17.4. The van der Waals surface area contributed by atoms with Gasteiger partial charge in [0, 0.05) is 50.5 Å². The minimum absolute atomic E-state index is 0.569. The number of ether oxygens (including phenoxy) is 1. The van der Waals surface area contributed by atoms with Gasteiger partial charge in [-0.2, -0.15) is 0 Å². The summed E-state index contributed by atoms with van der Waals surface area (Å²) in [7, 11) is 1.79. The predicted molar refractivity (Wildman–Crippen MR) is 110 cm³/mol. The summed E-state index contributed by atoms with van der Waals surface area (Å²) in [5.41, 5.74) is 1.04. The zero-order chi connectivity index (χ0) is 19.4. The molecule has 1 aromatic heterocycles. The van der Waals surface area contributed by atoms with Crippen molar-refractivity contribution in [3.05, 3.63) is 23.9 Å². The normalized spacial score (nSPS) is 12.1. The predicted octanol–water partition coefficient (Wildman–Crippen LogP) is 3.04. The van der Waals surface area contributed by atoms with Gasteiger partial charge in [0.25, 0.3) is 0 Å². The molecule has 0 aliphatic carbocycles. The maximum absolute atomic E-state index is 5.70. The Kier molecular flexibility index (Phi) is 10.7. The molecule has 1 rings (SSSR count). The molecule has 26 heavy (non-hydrogen) atoms. The summed E-state index contributed by atoms with van der Waals surface area (Å²) >= 11 is 0. The monoisotopic (exact) mass is 363 g/mol. The van der Waals surface area contributed by atoms with E-state index in [1.165, 1.54) is 0 Å². The van der Waals surface area contributed by atoms with E-state index in [1.807, 2.05) is 12.1 Å². The molecule has 0 amide bonds. The number of rotatable bonds is 11. The Morgan fingerprint density at radius 1 is 1.23 bits per heavy atom. The Morgan fingerprint density at radius 2 is 1.96 bits per heavy atom. The first-order valence-electron chi connectivity index (χ1n) is 9.76. The highest BCUT2D eigenvalue weighted by Crippen LogP contribution is 2.14. The molecule has 6 nitrogen and oxygen atoms in total. The molecule has 0 fully saturated rings. The first kappa shape index (κ1) is 22.2. The largest absolute Gasteiger partial charge is 0.477 e. The summed E-state index contributed by atoms with van der Waals surface area (Å²) in [5.74, 6) is 1.50.